The van der Waals surface area contributed by atoms with E-state index in [0.29, 0.717) is 12.3 Å². The number of nitrogens with one attached hydrogen (secondary N) is 1. The number of fused-ring (bicyclic) bond motifs is 1. The van der Waals surface area contributed by atoms with Gasteiger partial charge in [0, 0.05) is 5.54 Å². The summed E-state index contributed by atoms with van der Waals surface area (Å²) in [6, 6.07) is -0.213. The fraction of sp³-hybridized carbons (Fsp3) is 0.875. The van der Waals surface area contributed by atoms with Crippen LogP contribution < -0.4 is 11.1 Å². The second-order valence-corrected chi connectivity index (χ2v) is 3.83. The SMILES string of the molecule is NC(=O)C1CC2CC2(CCF)N1. The molecule has 3 nitrogen and oxygen atoms in total. The van der Waals surface area contributed by atoms with Crippen molar-refractivity contribution < 1.29 is 9.18 Å². The molecule has 0 aromatic rings. The van der Waals surface area contributed by atoms with E-state index in [1.54, 1.807) is 0 Å². The third kappa shape index (κ3) is 1.02. The molecule has 1 saturated heterocycles. The van der Waals surface area contributed by atoms with E-state index in [1.165, 1.54) is 0 Å². The monoisotopic (exact) mass is 172 g/mol. The van der Waals surface area contributed by atoms with Crippen molar-refractivity contribution in [1.82, 2.24) is 5.32 Å². The van der Waals surface area contributed by atoms with E-state index in [-0.39, 0.29) is 24.2 Å². The number of nitrogens with two attached hydrogens (primary N) is 1. The maximum Gasteiger partial charge on any atom is 0.234 e. The van der Waals surface area contributed by atoms with E-state index in [9.17, 15) is 9.18 Å². The van der Waals surface area contributed by atoms with Gasteiger partial charge in [-0.3, -0.25) is 14.5 Å². The van der Waals surface area contributed by atoms with Crippen LogP contribution in [0, 0.1) is 5.92 Å². The number of carbonyl (C=O) groups excluding carboxylic acids is 1. The minimum absolute atomic E-state index is 0.0611. The molecule has 68 valence electrons. The second-order valence-electron chi connectivity index (χ2n) is 3.83. The first kappa shape index (κ1) is 7.98. The van der Waals surface area contributed by atoms with E-state index in [1.807, 2.05) is 0 Å². The van der Waals surface area contributed by atoms with E-state index in [2.05, 4.69) is 5.32 Å². The first-order valence-corrected chi connectivity index (χ1v) is 4.31. The number of halogens is 1. The summed E-state index contributed by atoms with van der Waals surface area (Å²) in [6.45, 7) is -0.311. The minimum atomic E-state index is -0.311. The predicted molar refractivity (Wildman–Crippen MR) is 42.2 cm³/mol. The Morgan fingerprint density at radius 2 is 2.50 bits per heavy atom. The van der Waals surface area contributed by atoms with Gasteiger partial charge in [0.1, 0.15) is 0 Å². The Morgan fingerprint density at radius 1 is 1.75 bits per heavy atom. The summed E-state index contributed by atoms with van der Waals surface area (Å²) in [5.74, 6) is 0.186. The van der Waals surface area contributed by atoms with Crippen LogP contribution in [0.3, 0.4) is 0 Å². The van der Waals surface area contributed by atoms with Crippen LogP contribution >= 0.6 is 0 Å². The summed E-state index contributed by atoms with van der Waals surface area (Å²) in [6.07, 6.45) is 2.34. The van der Waals surface area contributed by atoms with Crippen LogP contribution in [0.4, 0.5) is 4.39 Å². The topological polar surface area (TPSA) is 55.1 Å². The third-order valence-corrected chi connectivity index (χ3v) is 3.10. The molecule has 0 aromatic carbocycles. The lowest BCUT2D eigenvalue weighted by atomic mass is 10.1. The van der Waals surface area contributed by atoms with Gasteiger partial charge in [-0.05, 0) is 25.2 Å². The molecule has 0 bridgehead atoms. The molecule has 2 aliphatic rings. The molecule has 12 heavy (non-hydrogen) atoms. The molecule has 1 aliphatic heterocycles. The van der Waals surface area contributed by atoms with Crippen molar-refractivity contribution in [2.24, 2.45) is 11.7 Å². The largest absolute Gasteiger partial charge is 0.368 e. The van der Waals surface area contributed by atoms with Gasteiger partial charge in [-0.15, -0.1) is 0 Å². The van der Waals surface area contributed by atoms with Gasteiger partial charge in [0.15, 0.2) is 0 Å². The van der Waals surface area contributed by atoms with Gasteiger partial charge in [-0.25, -0.2) is 0 Å². The van der Waals surface area contributed by atoms with Gasteiger partial charge >= 0.3 is 0 Å². The lowest BCUT2D eigenvalue weighted by molar-refractivity contribution is -0.120. The highest BCUT2D eigenvalue weighted by molar-refractivity contribution is 5.80. The Kier molecular flexibility index (Phi) is 1.61. The molecule has 1 saturated carbocycles. The Bertz CT molecular complexity index is 221. The number of piperidine rings is 1. The van der Waals surface area contributed by atoms with Crippen LogP contribution in [0.25, 0.3) is 0 Å². The fourth-order valence-electron chi connectivity index (χ4n) is 2.29. The van der Waals surface area contributed by atoms with Gasteiger partial charge in [-0.1, -0.05) is 0 Å². The summed E-state index contributed by atoms with van der Waals surface area (Å²) in [7, 11) is 0. The van der Waals surface area contributed by atoms with Crippen LogP contribution in [-0.2, 0) is 4.79 Å². The van der Waals surface area contributed by atoms with Crippen molar-refractivity contribution in [2.75, 3.05) is 6.67 Å². The quantitative estimate of drug-likeness (QED) is 0.627. The van der Waals surface area contributed by atoms with Gasteiger partial charge in [0.05, 0.1) is 12.7 Å². The second kappa shape index (κ2) is 2.42. The first-order valence-electron chi connectivity index (χ1n) is 4.31. The number of amides is 1. The van der Waals surface area contributed by atoms with Crippen LogP contribution in [0.1, 0.15) is 19.3 Å². The number of hydrogen-bond acceptors (Lipinski definition) is 2. The van der Waals surface area contributed by atoms with Crippen LogP contribution in [0.15, 0.2) is 0 Å². The standard InChI is InChI=1S/C8H13FN2O/c9-2-1-8-4-5(8)3-6(11-8)7(10)12/h5-6,11H,1-4H2,(H2,10,12). The van der Waals surface area contributed by atoms with Crippen molar-refractivity contribution >= 4 is 5.91 Å². The fourth-order valence-corrected chi connectivity index (χ4v) is 2.29. The molecule has 4 heteroatoms. The number of primary amides is 1. The smallest absolute Gasteiger partial charge is 0.234 e. The average Bonchev–Trinajstić information content (AvgIpc) is 2.54. The van der Waals surface area contributed by atoms with Gasteiger partial charge in [0.2, 0.25) is 5.91 Å². The Morgan fingerprint density at radius 3 is 3.00 bits per heavy atom. The van der Waals surface area contributed by atoms with Crippen molar-refractivity contribution in [3.05, 3.63) is 0 Å². The summed E-state index contributed by atoms with van der Waals surface area (Å²) in [5.41, 5.74) is 5.08. The highest BCUT2D eigenvalue weighted by Gasteiger charge is 2.60. The molecule has 1 amide bonds. The highest BCUT2D eigenvalue weighted by Crippen LogP contribution is 2.53. The first-order chi connectivity index (χ1) is 5.68. The van der Waals surface area contributed by atoms with Gasteiger partial charge in [0.25, 0.3) is 0 Å². The summed E-state index contributed by atoms with van der Waals surface area (Å²) < 4.78 is 12.1. The van der Waals surface area contributed by atoms with Gasteiger partial charge in [-0.2, -0.15) is 0 Å². The van der Waals surface area contributed by atoms with Crippen molar-refractivity contribution in [3.8, 4) is 0 Å². The average molecular weight is 172 g/mol. The zero-order chi connectivity index (χ0) is 8.77. The molecule has 2 rings (SSSR count). The number of alkyl halides is 1. The molecular formula is C8H13FN2O. The Labute approximate surface area is 70.5 Å². The number of rotatable bonds is 3. The third-order valence-electron chi connectivity index (χ3n) is 3.10. The van der Waals surface area contributed by atoms with Gasteiger partial charge < -0.3 is 5.73 Å². The number of carbonyl (C=O) groups is 1. The van der Waals surface area contributed by atoms with Crippen LogP contribution in [-0.4, -0.2) is 24.2 Å². The number of hydrogen-bond donors (Lipinski definition) is 2. The molecule has 0 aromatic heterocycles. The van der Waals surface area contributed by atoms with E-state index < -0.39 is 0 Å². The van der Waals surface area contributed by atoms with Crippen LogP contribution in [0.5, 0.6) is 0 Å². The molecule has 3 atom stereocenters. The van der Waals surface area contributed by atoms with Crippen molar-refractivity contribution in [2.45, 2.75) is 30.8 Å². The normalized spacial score (nSPS) is 44.1. The minimum Gasteiger partial charge on any atom is -0.368 e. The molecule has 1 heterocycles. The molecule has 3 unspecified atom stereocenters. The molecule has 2 fully saturated rings. The van der Waals surface area contributed by atoms with E-state index >= 15 is 0 Å². The lowest BCUT2D eigenvalue weighted by Gasteiger charge is -2.15. The van der Waals surface area contributed by atoms with E-state index in [4.69, 9.17) is 5.73 Å². The van der Waals surface area contributed by atoms with Crippen molar-refractivity contribution in [3.63, 3.8) is 0 Å². The maximum atomic E-state index is 12.1. The van der Waals surface area contributed by atoms with E-state index in [0.717, 1.165) is 12.8 Å². The maximum absolute atomic E-state index is 12.1. The predicted octanol–water partition coefficient (Wildman–Crippen LogP) is -0.0481. The van der Waals surface area contributed by atoms with Crippen molar-refractivity contribution in [1.29, 1.82) is 0 Å². The summed E-state index contributed by atoms with van der Waals surface area (Å²) >= 11 is 0. The zero-order valence-corrected chi connectivity index (χ0v) is 6.85. The molecule has 3 N–H and O–H groups in total. The Balaban J connectivity index is 1.96. The molecule has 0 spiro atoms. The molecular weight excluding hydrogens is 159 g/mol. The molecule has 1 aliphatic carbocycles. The molecule has 0 radical (unpaired) electrons. The summed E-state index contributed by atoms with van der Waals surface area (Å²) in [4.78, 5) is 10.8. The summed E-state index contributed by atoms with van der Waals surface area (Å²) in [5, 5.41) is 3.13. The zero-order valence-electron chi connectivity index (χ0n) is 6.85. The van der Waals surface area contributed by atoms with Crippen LogP contribution in [0.2, 0.25) is 0 Å². The highest BCUT2D eigenvalue weighted by atomic mass is 19.1. The Hall–Kier alpha value is -0.640. The lowest BCUT2D eigenvalue weighted by Crippen LogP contribution is -2.43.